The maximum absolute atomic E-state index is 12.6. The molecule has 29 heavy (non-hydrogen) atoms. The number of aryl methyl sites for hydroxylation is 2. The molecular formula is C22H21N3O3S. The van der Waals surface area contributed by atoms with Gasteiger partial charge >= 0.3 is 0 Å². The van der Waals surface area contributed by atoms with E-state index < -0.39 is 5.91 Å². The van der Waals surface area contributed by atoms with E-state index in [1.807, 2.05) is 39.0 Å². The van der Waals surface area contributed by atoms with Gasteiger partial charge in [-0.25, -0.2) is 4.98 Å². The van der Waals surface area contributed by atoms with E-state index in [2.05, 4.69) is 10.3 Å². The number of thiazole rings is 1. The lowest BCUT2D eigenvalue weighted by atomic mass is 10.1. The highest BCUT2D eigenvalue weighted by Gasteiger charge is 2.14. The number of ether oxygens (including phenoxy) is 2. The van der Waals surface area contributed by atoms with Gasteiger partial charge in [-0.3, -0.25) is 10.1 Å². The lowest BCUT2D eigenvalue weighted by Crippen LogP contribution is -2.13. The molecule has 1 heterocycles. The molecule has 1 aromatic heterocycles. The third-order valence-electron chi connectivity index (χ3n) is 4.21. The zero-order valence-electron chi connectivity index (χ0n) is 16.7. The molecule has 0 unspecified atom stereocenters. The maximum atomic E-state index is 12.6. The van der Waals surface area contributed by atoms with Crippen LogP contribution >= 0.6 is 11.3 Å². The van der Waals surface area contributed by atoms with E-state index in [1.54, 1.807) is 25.3 Å². The van der Waals surface area contributed by atoms with Crippen molar-refractivity contribution in [3.05, 3.63) is 52.6 Å². The molecule has 0 radical (unpaired) electrons. The first-order valence-electron chi connectivity index (χ1n) is 9.07. The van der Waals surface area contributed by atoms with Crippen LogP contribution in [0, 0.1) is 25.2 Å². The van der Waals surface area contributed by atoms with Gasteiger partial charge in [-0.15, -0.1) is 0 Å². The predicted octanol–water partition coefficient (Wildman–Crippen LogP) is 4.87. The fourth-order valence-electron chi connectivity index (χ4n) is 2.95. The summed E-state index contributed by atoms with van der Waals surface area (Å²) in [6, 6.07) is 11.3. The number of nitrogens with one attached hydrogen (secondary N) is 1. The summed E-state index contributed by atoms with van der Waals surface area (Å²) in [7, 11) is 1.54. The SMILES string of the molecule is CCOc1ccc(/C=C(\C#N)C(=O)Nc2nc3c(C)cc(C)cc3s2)cc1OC. The van der Waals surface area contributed by atoms with Crippen LogP contribution in [-0.4, -0.2) is 24.6 Å². The van der Waals surface area contributed by atoms with Gasteiger partial charge in [0.25, 0.3) is 5.91 Å². The first-order valence-corrected chi connectivity index (χ1v) is 9.88. The molecule has 6 nitrogen and oxygen atoms in total. The fraction of sp³-hybridized carbons (Fsp3) is 0.227. The molecule has 0 aliphatic heterocycles. The highest BCUT2D eigenvalue weighted by molar-refractivity contribution is 7.22. The lowest BCUT2D eigenvalue weighted by molar-refractivity contribution is -0.112. The van der Waals surface area contributed by atoms with Gasteiger partial charge in [-0.1, -0.05) is 23.5 Å². The molecule has 0 atom stereocenters. The summed E-state index contributed by atoms with van der Waals surface area (Å²) < 4.78 is 11.8. The van der Waals surface area contributed by atoms with Gasteiger partial charge in [0.1, 0.15) is 11.6 Å². The molecule has 0 saturated carbocycles. The largest absolute Gasteiger partial charge is 0.493 e. The number of aromatic nitrogens is 1. The molecule has 3 aromatic rings. The minimum Gasteiger partial charge on any atom is -0.493 e. The monoisotopic (exact) mass is 407 g/mol. The summed E-state index contributed by atoms with van der Waals surface area (Å²) in [5.41, 5.74) is 3.68. The molecule has 1 amide bonds. The summed E-state index contributed by atoms with van der Waals surface area (Å²) in [6.45, 7) is 6.40. The minimum absolute atomic E-state index is 0.0247. The number of carbonyl (C=O) groups is 1. The average molecular weight is 407 g/mol. The van der Waals surface area contributed by atoms with Crippen LogP contribution in [-0.2, 0) is 4.79 Å². The molecule has 0 aliphatic rings. The minimum atomic E-state index is -0.506. The van der Waals surface area contributed by atoms with Crippen molar-refractivity contribution in [1.82, 2.24) is 4.98 Å². The van der Waals surface area contributed by atoms with Crippen molar-refractivity contribution in [3.63, 3.8) is 0 Å². The topological polar surface area (TPSA) is 84.2 Å². The molecule has 0 bridgehead atoms. The number of nitriles is 1. The normalized spacial score (nSPS) is 11.2. The number of amides is 1. The van der Waals surface area contributed by atoms with Crippen LogP contribution in [0.3, 0.4) is 0 Å². The molecule has 2 aromatic carbocycles. The smallest absolute Gasteiger partial charge is 0.268 e. The highest BCUT2D eigenvalue weighted by Crippen LogP contribution is 2.30. The Morgan fingerprint density at radius 2 is 2.07 bits per heavy atom. The van der Waals surface area contributed by atoms with E-state index in [-0.39, 0.29) is 5.57 Å². The Morgan fingerprint density at radius 1 is 1.28 bits per heavy atom. The van der Waals surface area contributed by atoms with Crippen molar-refractivity contribution >= 4 is 38.7 Å². The molecular weight excluding hydrogens is 386 g/mol. The van der Waals surface area contributed by atoms with Crippen molar-refractivity contribution in [3.8, 4) is 17.6 Å². The standard InChI is InChI=1S/C22H21N3O3S/c1-5-28-17-7-6-15(11-18(17)27-4)10-16(12-23)21(26)25-22-24-20-14(3)8-13(2)9-19(20)29-22/h6-11H,5H2,1-4H3,(H,24,25,26)/b16-10+. The Kier molecular flexibility index (Phi) is 6.15. The Labute approximate surface area is 173 Å². The van der Waals surface area contributed by atoms with Crippen molar-refractivity contribution in [2.75, 3.05) is 19.0 Å². The quantitative estimate of drug-likeness (QED) is 0.466. The first-order chi connectivity index (χ1) is 13.9. The van der Waals surface area contributed by atoms with Gasteiger partial charge in [-0.2, -0.15) is 5.26 Å². The molecule has 0 saturated heterocycles. The molecule has 7 heteroatoms. The van der Waals surface area contributed by atoms with E-state index in [0.717, 1.165) is 21.3 Å². The summed E-state index contributed by atoms with van der Waals surface area (Å²) in [5, 5.41) is 12.7. The number of hydrogen-bond donors (Lipinski definition) is 1. The van der Waals surface area contributed by atoms with Gasteiger partial charge in [0.2, 0.25) is 0 Å². The molecule has 0 aliphatic carbocycles. The summed E-state index contributed by atoms with van der Waals surface area (Å²) >= 11 is 1.39. The van der Waals surface area contributed by atoms with E-state index >= 15 is 0 Å². The number of methoxy groups -OCH3 is 1. The number of anilines is 1. The Morgan fingerprint density at radius 3 is 2.76 bits per heavy atom. The van der Waals surface area contributed by atoms with Gasteiger partial charge in [0.05, 0.1) is 23.9 Å². The summed E-state index contributed by atoms with van der Waals surface area (Å²) in [6.07, 6.45) is 1.51. The second-order valence-corrected chi connectivity index (χ2v) is 7.45. The third-order valence-corrected chi connectivity index (χ3v) is 5.13. The van der Waals surface area contributed by atoms with E-state index in [0.29, 0.717) is 28.8 Å². The number of hydrogen-bond acceptors (Lipinski definition) is 6. The first kappa shape index (κ1) is 20.4. The zero-order chi connectivity index (χ0) is 21.0. The van der Waals surface area contributed by atoms with Gasteiger partial charge < -0.3 is 9.47 Å². The average Bonchev–Trinajstić information content (AvgIpc) is 3.09. The van der Waals surface area contributed by atoms with E-state index in [9.17, 15) is 10.1 Å². The number of rotatable bonds is 6. The van der Waals surface area contributed by atoms with Crippen LogP contribution in [0.15, 0.2) is 35.9 Å². The molecule has 0 spiro atoms. The van der Waals surface area contributed by atoms with Crippen LogP contribution in [0.25, 0.3) is 16.3 Å². The van der Waals surface area contributed by atoms with Gasteiger partial charge in [-0.05, 0) is 61.7 Å². The van der Waals surface area contributed by atoms with Crippen LogP contribution in [0.4, 0.5) is 5.13 Å². The highest BCUT2D eigenvalue weighted by atomic mass is 32.1. The van der Waals surface area contributed by atoms with Gasteiger partial charge in [0.15, 0.2) is 16.6 Å². The van der Waals surface area contributed by atoms with Crippen LogP contribution < -0.4 is 14.8 Å². The van der Waals surface area contributed by atoms with Crippen molar-refractivity contribution in [2.45, 2.75) is 20.8 Å². The maximum Gasteiger partial charge on any atom is 0.268 e. The zero-order valence-corrected chi connectivity index (χ0v) is 17.5. The fourth-order valence-corrected chi connectivity index (χ4v) is 3.99. The third kappa shape index (κ3) is 4.55. The van der Waals surface area contributed by atoms with Crippen LogP contribution in [0.1, 0.15) is 23.6 Å². The Balaban J connectivity index is 1.85. The van der Waals surface area contributed by atoms with Crippen molar-refractivity contribution < 1.29 is 14.3 Å². The second-order valence-electron chi connectivity index (χ2n) is 6.41. The Bertz CT molecular complexity index is 1140. The summed E-state index contributed by atoms with van der Waals surface area (Å²) in [5.74, 6) is 0.638. The van der Waals surface area contributed by atoms with Crippen molar-refractivity contribution in [1.29, 1.82) is 5.26 Å². The molecule has 0 fully saturated rings. The predicted molar refractivity (Wildman–Crippen MR) is 115 cm³/mol. The Hall–Kier alpha value is -3.37. The number of carbonyl (C=O) groups excluding carboxylic acids is 1. The molecule has 1 N–H and O–H groups in total. The number of nitrogens with zero attached hydrogens (tertiary/aromatic N) is 2. The second kappa shape index (κ2) is 8.76. The summed E-state index contributed by atoms with van der Waals surface area (Å²) in [4.78, 5) is 17.1. The lowest BCUT2D eigenvalue weighted by Gasteiger charge is -2.09. The van der Waals surface area contributed by atoms with Crippen LogP contribution in [0.2, 0.25) is 0 Å². The van der Waals surface area contributed by atoms with E-state index in [4.69, 9.17) is 9.47 Å². The van der Waals surface area contributed by atoms with Crippen LogP contribution in [0.5, 0.6) is 11.5 Å². The molecule has 3 rings (SSSR count). The van der Waals surface area contributed by atoms with E-state index in [1.165, 1.54) is 17.4 Å². The van der Waals surface area contributed by atoms with Gasteiger partial charge in [0, 0.05) is 0 Å². The molecule has 148 valence electrons. The van der Waals surface area contributed by atoms with Crippen molar-refractivity contribution in [2.24, 2.45) is 0 Å². The number of fused-ring (bicyclic) bond motifs is 1. The number of benzene rings is 2.